The van der Waals surface area contributed by atoms with Crippen LogP contribution in [0, 0.1) is 0 Å². The van der Waals surface area contributed by atoms with E-state index in [0.29, 0.717) is 0 Å². The third-order valence-corrected chi connectivity index (χ3v) is 3.67. The average molecular weight is 173 g/mol. The number of nitrogens with one attached hydrogen (secondary N) is 1. The molecule has 0 spiro atoms. The van der Waals surface area contributed by atoms with Crippen molar-refractivity contribution in [2.45, 2.75) is 43.9 Å². The number of hydrogen-bond donors (Lipinski definition) is 1. The van der Waals surface area contributed by atoms with E-state index in [1.54, 1.807) is 0 Å². The van der Waals surface area contributed by atoms with E-state index < -0.39 is 0 Å². The average Bonchev–Trinajstić information content (AvgIpc) is 2.06. The van der Waals surface area contributed by atoms with Gasteiger partial charge in [-0.05, 0) is 32.1 Å². The molecule has 2 heteroatoms. The van der Waals surface area contributed by atoms with Crippen LogP contribution in [0.25, 0.3) is 0 Å². The minimum atomic E-state index is 0.799. The molecule has 11 heavy (non-hydrogen) atoms. The van der Waals surface area contributed by atoms with Crippen molar-refractivity contribution in [1.29, 1.82) is 0 Å². The minimum absolute atomic E-state index is 0.799. The van der Waals surface area contributed by atoms with Gasteiger partial charge in [0.15, 0.2) is 0 Å². The molecule has 0 aliphatic heterocycles. The molecular weight excluding hydrogens is 154 g/mol. The second-order valence-corrected chi connectivity index (χ2v) is 4.81. The Morgan fingerprint density at radius 3 is 2.91 bits per heavy atom. The molecule has 1 rings (SSSR count). The van der Waals surface area contributed by atoms with Crippen LogP contribution in [0.4, 0.5) is 0 Å². The standard InChI is InChI=1S/C9H19NS/c1-3-11-9-6-4-5-8(7-9)10-2/h8-10H,3-7H2,1-2H3. The lowest BCUT2D eigenvalue weighted by atomic mass is 9.95. The van der Waals surface area contributed by atoms with E-state index in [0.717, 1.165) is 11.3 Å². The number of hydrogen-bond acceptors (Lipinski definition) is 2. The van der Waals surface area contributed by atoms with Gasteiger partial charge in [-0.15, -0.1) is 0 Å². The van der Waals surface area contributed by atoms with Crippen LogP contribution in [0.15, 0.2) is 0 Å². The van der Waals surface area contributed by atoms with Crippen molar-refractivity contribution in [3.8, 4) is 0 Å². The van der Waals surface area contributed by atoms with E-state index in [1.807, 2.05) is 0 Å². The third kappa shape index (κ3) is 3.04. The van der Waals surface area contributed by atoms with Crippen molar-refractivity contribution in [2.75, 3.05) is 12.8 Å². The molecule has 0 saturated heterocycles. The normalized spacial score (nSPS) is 32.2. The summed E-state index contributed by atoms with van der Waals surface area (Å²) >= 11 is 2.13. The highest BCUT2D eigenvalue weighted by atomic mass is 32.2. The zero-order chi connectivity index (χ0) is 8.10. The van der Waals surface area contributed by atoms with Gasteiger partial charge in [0.1, 0.15) is 0 Å². The maximum absolute atomic E-state index is 3.38. The third-order valence-electron chi connectivity index (χ3n) is 2.44. The molecule has 66 valence electrons. The maximum atomic E-state index is 3.38. The monoisotopic (exact) mass is 173 g/mol. The van der Waals surface area contributed by atoms with Gasteiger partial charge in [-0.2, -0.15) is 11.8 Å². The Bertz CT molecular complexity index is 104. The van der Waals surface area contributed by atoms with Crippen LogP contribution in [-0.2, 0) is 0 Å². The predicted molar refractivity (Wildman–Crippen MR) is 53.2 cm³/mol. The van der Waals surface area contributed by atoms with Crippen LogP contribution in [0.1, 0.15) is 32.6 Å². The molecule has 0 aromatic rings. The highest BCUT2D eigenvalue weighted by molar-refractivity contribution is 7.99. The van der Waals surface area contributed by atoms with Crippen LogP contribution >= 0.6 is 11.8 Å². The Morgan fingerprint density at radius 1 is 1.45 bits per heavy atom. The number of rotatable bonds is 3. The fraction of sp³-hybridized carbons (Fsp3) is 1.00. The van der Waals surface area contributed by atoms with Gasteiger partial charge in [0.2, 0.25) is 0 Å². The van der Waals surface area contributed by atoms with Gasteiger partial charge in [-0.3, -0.25) is 0 Å². The summed E-state index contributed by atoms with van der Waals surface area (Å²) in [7, 11) is 2.09. The summed E-state index contributed by atoms with van der Waals surface area (Å²) in [6.07, 6.45) is 5.63. The first-order valence-corrected chi connectivity index (χ1v) is 5.70. The van der Waals surface area contributed by atoms with E-state index in [9.17, 15) is 0 Å². The lowest BCUT2D eigenvalue weighted by molar-refractivity contribution is 0.402. The molecule has 1 aliphatic carbocycles. The van der Waals surface area contributed by atoms with Gasteiger partial charge in [-0.25, -0.2) is 0 Å². The molecule has 0 aromatic carbocycles. The lowest BCUT2D eigenvalue weighted by Crippen LogP contribution is -2.32. The zero-order valence-electron chi connectivity index (χ0n) is 7.60. The molecule has 1 saturated carbocycles. The van der Waals surface area contributed by atoms with Crippen LogP contribution < -0.4 is 5.32 Å². The first kappa shape index (κ1) is 9.40. The molecule has 0 aromatic heterocycles. The molecule has 0 amide bonds. The summed E-state index contributed by atoms with van der Waals surface area (Å²) in [5.74, 6) is 1.28. The maximum Gasteiger partial charge on any atom is 0.00746 e. The van der Waals surface area contributed by atoms with Crippen molar-refractivity contribution in [2.24, 2.45) is 0 Å². The van der Waals surface area contributed by atoms with Crippen LogP contribution in [0.2, 0.25) is 0 Å². The predicted octanol–water partition coefficient (Wildman–Crippen LogP) is 2.27. The van der Waals surface area contributed by atoms with Crippen LogP contribution in [0.5, 0.6) is 0 Å². The van der Waals surface area contributed by atoms with Gasteiger partial charge in [0.25, 0.3) is 0 Å². The number of thioether (sulfide) groups is 1. The fourth-order valence-electron chi connectivity index (χ4n) is 1.79. The fourth-order valence-corrected chi connectivity index (χ4v) is 2.97. The molecule has 1 fully saturated rings. The highest BCUT2D eigenvalue weighted by Gasteiger charge is 2.19. The van der Waals surface area contributed by atoms with Crippen molar-refractivity contribution in [1.82, 2.24) is 5.32 Å². The quantitative estimate of drug-likeness (QED) is 0.702. The highest BCUT2D eigenvalue weighted by Crippen LogP contribution is 2.27. The molecular formula is C9H19NS. The lowest BCUT2D eigenvalue weighted by Gasteiger charge is -2.28. The van der Waals surface area contributed by atoms with Crippen LogP contribution in [-0.4, -0.2) is 24.1 Å². The van der Waals surface area contributed by atoms with Gasteiger partial charge in [0, 0.05) is 11.3 Å². The van der Waals surface area contributed by atoms with Crippen molar-refractivity contribution in [3.63, 3.8) is 0 Å². The Kier molecular flexibility index (Phi) is 4.31. The molecule has 0 bridgehead atoms. The van der Waals surface area contributed by atoms with Crippen molar-refractivity contribution < 1.29 is 0 Å². The molecule has 1 N–H and O–H groups in total. The molecule has 1 aliphatic rings. The summed E-state index contributed by atoms with van der Waals surface area (Å²) in [6, 6.07) is 0.799. The Morgan fingerprint density at radius 2 is 2.27 bits per heavy atom. The van der Waals surface area contributed by atoms with Crippen molar-refractivity contribution in [3.05, 3.63) is 0 Å². The molecule has 0 radical (unpaired) electrons. The first-order valence-electron chi connectivity index (χ1n) is 4.65. The molecule has 0 heterocycles. The summed E-state index contributed by atoms with van der Waals surface area (Å²) < 4.78 is 0. The SMILES string of the molecule is CCSC1CCCC(NC)C1. The van der Waals surface area contributed by atoms with E-state index in [2.05, 4.69) is 31.1 Å². The van der Waals surface area contributed by atoms with E-state index in [4.69, 9.17) is 0 Å². The van der Waals surface area contributed by atoms with Gasteiger partial charge < -0.3 is 5.32 Å². The van der Waals surface area contributed by atoms with E-state index in [-0.39, 0.29) is 0 Å². The summed E-state index contributed by atoms with van der Waals surface area (Å²) in [5.41, 5.74) is 0. The Balaban J connectivity index is 2.21. The summed E-state index contributed by atoms with van der Waals surface area (Å²) in [6.45, 7) is 2.26. The topological polar surface area (TPSA) is 12.0 Å². The second kappa shape index (κ2) is 5.04. The van der Waals surface area contributed by atoms with E-state index >= 15 is 0 Å². The molecule has 2 atom stereocenters. The van der Waals surface area contributed by atoms with Gasteiger partial charge >= 0.3 is 0 Å². The minimum Gasteiger partial charge on any atom is -0.317 e. The van der Waals surface area contributed by atoms with Gasteiger partial charge in [-0.1, -0.05) is 13.3 Å². The second-order valence-electron chi connectivity index (χ2n) is 3.23. The molecule has 2 unspecified atom stereocenters. The van der Waals surface area contributed by atoms with Gasteiger partial charge in [0.05, 0.1) is 0 Å². The Labute approximate surface area is 74.3 Å². The van der Waals surface area contributed by atoms with Crippen molar-refractivity contribution >= 4 is 11.8 Å². The Hall–Kier alpha value is 0.310. The summed E-state index contributed by atoms with van der Waals surface area (Å²) in [4.78, 5) is 0. The largest absolute Gasteiger partial charge is 0.317 e. The first-order chi connectivity index (χ1) is 5.36. The molecule has 1 nitrogen and oxygen atoms in total. The summed E-state index contributed by atoms with van der Waals surface area (Å²) in [5, 5.41) is 4.32. The smallest absolute Gasteiger partial charge is 0.00746 e. The zero-order valence-corrected chi connectivity index (χ0v) is 8.41. The van der Waals surface area contributed by atoms with E-state index in [1.165, 1.54) is 31.4 Å². The van der Waals surface area contributed by atoms with Crippen LogP contribution in [0.3, 0.4) is 0 Å².